The normalized spacial score (nSPS) is 27.8. The van der Waals surface area contributed by atoms with E-state index in [2.05, 4.69) is 40.4 Å². The minimum absolute atomic E-state index is 0.124. The van der Waals surface area contributed by atoms with Gasteiger partial charge in [0.05, 0.1) is 18.6 Å². The van der Waals surface area contributed by atoms with E-state index in [1.807, 2.05) is 6.92 Å². The van der Waals surface area contributed by atoms with Crippen LogP contribution in [0.3, 0.4) is 0 Å². The molecule has 0 aromatic rings. The van der Waals surface area contributed by atoms with E-state index in [4.69, 9.17) is 9.16 Å². The van der Waals surface area contributed by atoms with Gasteiger partial charge in [-0.1, -0.05) is 27.4 Å². The van der Waals surface area contributed by atoms with E-state index in [0.29, 0.717) is 6.42 Å². The molecule has 0 N–H and O–H groups in total. The van der Waals surface area contributed by atoms with Gasteiger partial charge in [0.15, 0.2) is 8.32 Å². The molecule has 18 heavy (non-hydrogen) atoms. The molecule has 104 valence electrons. The zero-order valence-corrected chi connectivity index (χ0v) is 13.7. The molecule has 0 radical (unpaired) electrons. The molecule has 1 aliphatic carbocycles. The maximum absolute atomic E-state index is 11.7. The van der Waals surface area contributed by atoms with Gasteiger partial charge in [0.25, 0.3) is 0 Å². The topological polar surface area (TPSA) is 35.5 Å². The smallest absolute Gasteiger partial charge is 0.312 e. The Morgan fingerprint density at radius 3 is 2.22 bits per heavy atom. The quantitative estimate of drug-likeness (QED) is 0.445. The average molecular weight is 270 g/mol. The van der Waals surface area contributed by atoms with Crippen molar-refractivity contribution in [2.75, 3.05) is 7.11 Å². The van der Waals surface area contributed by atoms with Crippen molar-refractivity contribution in [2.24, 2.45) is 5.92 Å². The van der Waals surface area contributed by atoms with Crippen molar-refractivity contribution >= 4 is 14.3 Å². The summed E-state index contributed by atoms with van der Waals surface area (Å²) >= 11 is 0. The van der Waals surface area contributed by atoms with Crippen LogP contribution < -0.4 is 0 Å². The standard InChI is InChI=1S/C14H26O3Si/c1-10(2)14(9-11(14)12(15)16-6)17-18(7,8)13(3,4)5/h11H,1,9H2,2-8H3. The van der Waals surface area contributed by atoms with E-state index in [9.17, 15) is 4.79 Å². The number of methoxy groups -OCH3 is 1. The lowest BCUT2D eigenvalue weighted by atomic mass is 10.1. The summed E-state index contributed by atoms with van der Waals surface area (Å²) in [4.78, 5) is 11.7. The van der Waals surface area contributed by atoms with Crippen LogP contribution in [-0.2, 0) is 14.0 Å². The Balaban J connectivity index is 2.93. The minimum Gasteiger partial charge on any atom is -0.469 e. The van der Waals surface area contributed by atoms with Crippen molar-refractivity contribution in [1.29, 1.82) is 0 Å². The molecule has 4 heteroatoms. The van der Waals surface area contributed by atoms with Gasteiger partial charge in [-0.3, -0.25) is 4.79 Å². The van der Waals surface area contributed by atoms with Gasteiger partial charge in [0, 0.05) is 0 Å². The first-order valence-electron chi connectivity index (χ1n) is 6.42. The zero-order chi connectivity index (χ0) is 14.4. The summed E-state index contributed by atoms with van der Waals surface area (Å²) in [5, 5.41) is 0.124. The van der Waals surface area contributed by atoms with E-state index in [-0.39, 0.29) is 16.9 Å². The molecule has 0 aromatic carbocycles. The predicted molar refractivity (Wildman–Crippen MR) is 76.0 cm³/mol. The van der Waals surface area contributed by atoms with Crippen LogP contribution in [0.1, 0.15) is 34.1 Å². The van der Waals surface area contributed by atoms with E-state index in [1.54, 1.807) is 0 Å². The number of esters is 1. The molecule has 0 spiro atoms. The average Bonchev–Trinajstić information content (AvgIpc) is 2.90. The Hall–Kier alpha value is -0.613. The van der Waals surface area contributed by atoms with E-state index < -0.39 is 13.9 Å². The molecule has 0 amide bonds. The van der Waals surface area contributed by atoms with E-state index in [0.717, 1.165) is 5.57 Å². The number of hydrogen-bond acceptors (Lipinski definition) is 3. The molecular weight excluding hydrogens is 244 g/mol. The fourth-order valence-corrected chi connectivity index (χ4v) is 3.56. The number of carbonyl (C=O) groups excluding carboxylic acids is 1. The van der Waals surface area contributed by atoms with Gasteiger partial charge >= 0.3 is 5.97 Å². The Kier molecular flexibility index (Phi) is 3.85. The third-order valence-electron chi connectivity index (χ3n) is 4.36. The summed E-state index contributed by atoms with van der Waals surface area (Å²) in [6, 6.07) is 0. The minimum atomic E-state index is -1.91. The van der Waals surface area contributed by atoms with Gasteiger partial charge in [0.2, 0.25) is 0 Å². The molecule has 2 unspecified atom stereocenters. The number of hydrogen-bond donors (Lipinski definition) is 0. The summed E-state index contributed by atoms with van der Waals surface area (Å²) in [5.74, 6) is -0.356. The number of rotatable bonds is 4. The maximum Gasteiger partial charge on any atom is 0.312 e. The van der Waals surface area contributed by atoms with Gasteiger partial charge < -0.3 is 9.16 Å². The van der Waals surface area contributed by atoms with E-state index >= 15 is 0 Å². The Bertz CT molecular complexity index is 368. The Morgan fingerprint density at radius 1 is 1.39 bits per heavy atom. The molecular formula is C14H26O3Si. The fourth-order valence-electron chi connectivity index (χ4n) is 1.94. The third kappa shape index (κ3) is 2.54. The summed E-state index contributed by atoms with van der Waals surface area (Å²) in [5.41, 5.74) is 0.457. The number of carbonyl (C=O) groups is 1. The predicted octanol–water partition coefficient (Wildman–Crippen LogP) is 3.52. The van der Waals surface area contributed by atoms with Gasteiger partial charge in [-0.05, 0) is 37.0 Å². The lowest BCUT2D eigenvalue weighted by molar-refractivity contribution is -0.143. The van der Waals surface area contributed by atoms with Crippen molar-refractivity contribution in [1.82, 2.24) is 0 Å². The molecule has 1 saturated carbocycles. The largest absolute Gasteiger partial charge is 0.469 e. The summed E-state index contributed by atoms with van der Waals surface area (Å²) in [6.45, 7) is 16.9. The third-order valence-corrected chi connectivity index (χ3v) is 8.85. The first-order chi connectivity index (χ1) is 7.98. The zero-order valence-electron chi connectivity index (χ0n) is 12.7. The Labute approximate surface area is 112 Å². The van der Waals surface area contributed by atoms with Gasteiger partial charge in [-0.15, -0.1) is 0 Å². The molecule has 0 bridgehead atoms. The highest BCUT2D eigenvalue weighted by molar-refractivity contribution is 6.74. The molecule has 0 aliphatic heterocycles. The van der Waals surface area contributed by atoms with Crippen LogP contribution in [0.25, 0.3) is 0 Å². The van der Waals surface area contributed by atoms with Crippen LogP contribution in [0.15, 0.2) is 12.2 Å². The highest BCUT2D eigenvalue weighted by atomic mass is 28.4. The second kappa shape index (κ2) is 4.49. The maximum atomic E-state index is 11.7. The van der Waals surface area contributed by atoms with Crippen molar-refractivity contribution < 1.29 is 14.0 Å². The first-order valence-corrected chi connectivity index (χ1v) is 9.33. The molecule has 1 aliphatic rings. The summed E-state index contributed by atoms with van der Waals surface area (Å²) in [7, 11) is -0.483. The van der Waals surface area contributed by atoms with Gasteiger partial charge in [-0.25, -0.2) is 0 Å². The van der Waals surface area contributed by atoms with Crippen LogP contribution >= 0.6 is 0 Å². The van der Waals surface area contributed by atoms with Crippen LogP contribution in [0.5, 0.6) is 0 Å². The van der Waals surface area contributed by atoms with Crippen LogP contribution in [-0.4, -0.2) is 27.0 Å². The van der Waals surface area contributed by atoms with Crippen molar-refractivity contribution in [3.8, 4) is 0 Å². The van der Waals surface area contributed by atoms with Gasteiger partial charge in [0.1, 0.15) is 0 Å². The molecule has 1 rings (SSSR count). The molecule has 3 nitrogen and oxygen atoms in total. The van der Waals surface area contributed by atoms with E-state index in [1.165, 1.54) is 7.11 Å². The molecule has 2 atom stereocenters. The van der Waals surface area contributed by atoms with Crippen LogP contribution in [0.2, 0.25) is 18.1 Å². The highest BCUT2D eigenvalue weighted by Crippen LogP contribution is 2.56. The van der Waals surface area contributed by atoms with Crippen molar-refractivity contribution in [3.63, 3.8) is 0 Å². The summed E-state index contributed by atoms with van der Waals surface area (Å²) < 4.78 is 11.3. The summed E-state index contributed by atoms with van der Waals surface area (Å²) in [6.07, 6.45) is 0.710. The monoisotopic (exact) mass is 270 g/mol. The van der Waals surface area contributed by atoms with Crippen LogP contribution in [0.4, 0.5) is 0 Å². The lowest BCUT2D eigenvalue weighted by Gasteiger charge is -2.40. The SMILES string of the molecule is C=C(C)C1(O[Si](C)(C)C(C)(C)C)CC1C(=O)OC. The number of ether oxygens (including phenoxy) is 1. The Morgan fingerprint density at radius 2 is 1.89 bits per heavy atom. The van der Waals surface area contributed by atoms with Crippen molar-refractivity contribution in [3.05, 3.63) is 12.2 Å². The lowest BCUT2D eigenvalue weighted by Crippen LogP contribution is -2.46. The van der Waals surface area contributed by atoms with Gasteiger partial charge in [-0.2, -0.15) is 0 Å². The second-order valence-corrected chi connectivity index (χ2v) is 11.5. The fraction of sp³-hybridized carbons (Fsp3) is 0.786. The molecule has 0 heterocycles. The first kappa shape index (κ1) is 15.4. The molecule has 1 fully saturated rings. The highest BCUT2D eigenvalue weighted by Gasteiger charge is 2.63. The van der Waals surface area contributed by atoms with Crippen molar-refractivity contribution in [2.45, 2.75) is 57.8 Å². The molecule has 0 saturated heterocycles. The second-order valence-electron chi connectivity index (χ2n) is 6.81. The van der Waals surface area contributed by atoms with Crippen LogP contribution in [0, 0.1) is 5.92 Å². The molecule has 0 aromatic heterocycles.